The smallest absolute Gasteiger partial charge is 0.0489 e. The summed E-state index contributed by atoms with van der Waals surface area (Å²) in [6, 6.07) is 4.56. The summed E-state index contributed by atoms with van der Waals surface area (Å²) in [5, 5.41) is 4.80. The standard InChI is InChI=1S/C16H23N3/c1-11-8-12(2)16-14(9-11)13(3)15(18-16)10-19-6-4-17-5-7-19/h8-9,17-18H,4-7,10H2,1-3H3. The van der Waals surface area contributed by atoms with E-state index in [2.05, 4.69) is 48.1 Å². The highest BCUT2D eigenvalue weighted by Gasteiger charge is 2.15. The molecule has 1 fully saturated rings. The third kappa shape index (κ3) is 2.40. The van der Waals surface area contributed by atoms with Crippen LogP contribution in [0.25, 0.3) is 10.9 Å². The van der Waals surface area contributed by atoms with Crippen LogP contribution in [0.4, 0.5) is 0 Å². The van der Waals surface area contributed by atoms with Crippen molar-refractivity contribution in [2.45, 2.75) is 27.3 Å². The molecule has 102 valence electrons. The van der Waals surface area contributed by atoms with E-state index >= 15 is 0 Å². The molecule has 1 aromatic carbocycles. The van der Waals surface area contributed by atoms with E-state index < -0.39 is 0 Å². The van der Waals surface area contributed by atoms with Crippen LogP contribution in [-0.4, -0.2) is 36.1 Å². The number of H-pyrrole nitrogens is 1. The predicted octanol–water partition coefficient (Wildman–Crippen LogP) is 2.50. The highest BCUT2D eigenvalue weighted by molar-refractivity contribution is 5.87. The second kappa shape index (κ2) is 4.99. The Morgan fingerprint density at radius 3 is 2.58 bits per heavy atom. The first-order chi connectivity index (χ1) is 9.15. The zero-order valence-electron chi connectivity index (χ0n) is 12.1. The summed E-state index contributed by atoms with van der Waals surface area (Å²) in [5.74, 6) is 0. The van der Waals surface area contributed by atoms with Crippen molar-refractivity contribution >= 4 is 10.9 Å². The number of nitrogens with zero attached hydrogens (tertiary/aromatic N) is 1. The molecule has 2 N–H and O–H groups in total. The lowest BCUT2D eigenvalue weighted by molar-refractivity contribution is 0.231. The minimum atomic E-state index is 1.04. The number of benzene rings is 1. The monoisotopic (exact) mass is 257 g/mol. The van der Waals surface area contributed by atoms with Gasteiger partial charge in [-0.2, -0.15) is 0 Å². The fraction of sp³-hybridized carbons (Fsp3) is 0.500. The Balaban J connectivity index is 1.95. The van der Waals surface area contributed by atoms with Gasteiger partial charge >= 0.3 is 0 Å². The van der Waals surface area contributed by atoms with Crippen molar-refractivity contribution in [1.82, 2.24) is 15.2 Å². The summed E-state index contributed by atoms with van der Waals surface area (Å²) < 4.78 is 0. The van der Waals surface area contributed by atoms with Crippen LogP contribution < -0.4 is 5.32 Å². The van der Waals surface area contributed by atoms with Gasteiger partial charge in [-0.05, 0) is 38.0 Å². The molecule has 3 nitrogen and oxygen atoms in total. The van der Waals surface area contributed by atoms with Gasteiger partial charge in [-0.3, -0.25) is 4.90 Å². The van der Waals surface area contributed by atoms with E-state index in [0.29, 0.717) is 0 Å². The fourth-order valence-corrected chi connectivity index (χ4v) is 3.09. The fourth-order valence-electron chi connectivity index (χ4n) is 3.09. The van der Waals surface area contributed by atoms with Gasteiger partial charge in [0.15, 0.2) is 0 Å². The molecule has 0 unspecified atom stereocenters. The van der Waals surface area contributed by atoms with Crippen LogP contribution in [0.5, 0.6) is 0 Å². The Morgan fingerprint density at radius 2 is 1.84 bits per heavy atom. The number of hydrogen-bond acceptors (Lipinski definition) is 2. The maximum absolute atomic E-state index is 3.64. The highest BCUT2D eigenvalue weighted by Crippen LogP contribution is 2.26. The number of piperazine rings is 1. The number of nitrogens with one attached hydrogen (secondary N) is 2. The first-order valence-corrected chi connectivity index (χ1v) is 7.16. The van der Waals surface area contributed by atoms with Crippen LogP contribution in [0, 0.1) is 20.8 Å². The van der Waals surface area contributed by atoms with Gasteiger partial charge in [0.05, 0.1) is 0 Å². The summed E-state index contributed by atoms with van der Waals surface area (Å²) in [7, 11) is 0. The largest absolute Gasteiger partial charge is 0.357 e. The number of aryl methyl sites for hydroxylation is 3. The lowest BCUT2D eigenvalue weighted by Gasteiger charge is -2.26. The Morgan fingerprint density at radius 1 is 1.11 bits per heavy atom. The Kier molecular flexibility index (Phi) is 3.33. The van der Waals surface area contributed by atoms with Crippen molar-refractivity contribution in [1.29, 1.82) is 0 Å². The quantitative estimate of drug-likeness (QED) is 0.866. The molecule has 3 rings (SSSR count). The van der Waals surface area contributed by atoms with Crippen molar-refractivity contribution < 1.29 is 0 Å². The molecule has 2 aromatic rings. The van der Waals surface area contributed by atoms with E-state index in [1.54, 1.807) is 0 Å². The molecule has 0 aliphatic carbocycles. The van der Waals surface area contributed by atoms with Crippen LogP contribution in [0.2, 0.25) is 0 Å². The van der Waals surface area contributed by atoms with E-state index in [-0.39, 0.29) is 0 Å². The van der Waals surface area contributed by atoms with E-state index in [0.717, 1.165) is 32.7 Å². The minimum Gasteiger partial charge on any atom is -0.357 e. The molecule has 1 aliphatic heterocycles. The lowest BCUT2D eigenvalue weighted by atomic mass is 10.1. The van der Waals surface area contributed by atoms with E-state index in [4.69, 9.17) is 0 Å². The van der Waals surface area contributed by atoms with Crippen molar-refractivity contribution in [2.24, 2.45) is 0 Å². The van der Waals surface area contributed by atoms with Crippen molar-refractivity contribution in [2.75, 3.05) is 26.2 Å². The van der Waals surface area contributed by atoms with Gasteiger partial charge in [-0.25, -0.2) is 0 Å². The topological polar surface area (TPSA) is 31.1 Å². The third-order valence-corrected chi connectivity index (χ3v) is 4.20. The molecule has 19 heavy (non-hydrogen) atoms. The van der Waals surface area contributed by atoms with Gasteiger partial charge in [0.2, 0.25) is 0 Å². The van der Waals surface area contributed by atoms with Gasteiger partial charge in [0.1, 0.15) is 0 Å². The molecule has 0 radical (unpaired) electrons. The molecule has 2 heterocycles. The van der Waals surface area contributed by atoms with Crippen LogP contribution in [-0.2, 0) is 6.54 Å². The van der Waals surface area contributed by atoms with Gasteiger partial charge < -0.3 is 10.3 Å². The average Bonchev–Trinajstić information content (AvgIpc) is 2.69. The second-order valence-corrected chi connectivity index (χ2v) is 5.76. The molecule has 1 aromatic heterocycles. The lowest BCUT2D eigenvalue weighted by Crippen LogP contribution is -2.43. The zero-order valence-corrected chi connectivity index (χ0v) is 12.1. The zero-order chi connectivity index (χ0) is 13.4. The number of hydrogen-bond donors (Lipinski definition) is 2. The Hall–Kier alpha value is -1.32. The summed E-state index contributed by atoms with van der Waals surface area (Å²) in [5.41, 5.74) is 6.81. The highest BCUT2D eigenvalue weighted by atomic mass is 15.2. The summed E-state index contributed by atoms with van der Waals surface area (Å²) >= 11 is 0. The van der Waals surface area contributed by atoms with Crippen LogP contribution in [0.1, 0.15) is 22.4 Å². The number of aromatic amines is 1. The first kappa shape index (κ1) is 12.7. The Bertz CT molecular complexity index is 592. The molecule has 0 saturated carbocycles. The molecule has 0 amide bonds. The summed E-state index contributed by atoms with van der Waals surface area (Å²) in [6.45, 7) is 12.2. The van der Waals surface area contributed by atoms with E-state index in [9.17, 15) is 0 Å². The number of fused-ring (bicyclic) bond motifs is 1. The van der Waals surface area contributed by atoms with Gasteiger partial charge in [-0.1, -0.05) is 11.6 Å². The molecule has 0 atom stereocenters. The SMILES string of the molecule is Cc1cc(C)c2[nH]c(CN3CCNCC3)c(C)c2c1. The molecule has 1 saturated heterocycles. The van der Waals surface area contributed by atoms with Gasteiger partial charge in [-0.15, -0.1) is 0 Å². The van der Waals surface area contributed by atoms with E-state index in [1.807, 2.05) is 0 Å². The molecule has 3 heteroatoms. The molecular formula is C16H23N3. The number of aromatic nitrogens is 1. The summed E-state index contributed by atoms with van der Waals surface area (Å²) in [4.78, 5) is 6.17. The second-order valence-electron chi connectivity index (χ2n) is 5.76. The normalized spacial score (nSPS) is 17.2. The molecule has 0 spiro atoms. The molecular weight excluding hydrogens is 234 g/mol. The van der Waals surface area contributed by atoms with Crippen molar-refractivity contribution in [3.05, 3.63) is 34.5 Å². The number of rotatable bonds is 2. The van der Waals surface area contributed by atoms with Crippen LogP contribution >= 0.6 is 0 Å². The maximum Gasteiger partial charge on any atom is 0.0489 e. The van der Waals surface area contributed by atoms with Gasteiger partial charge in [0.25, 0.3) is 0 Å². The first-order valence-electron chi connectivity index (χ1n) is 7.16. The maximum atomic E-state index is 3.64. The minimum absolute atomic E-state index is 1.04. The molecule has 1 aliphatic rings. The molecule has 0 bridgehead atoms. The Labute approximate surface area is 115 Å². The average molecular weight is 257 g/mol. The van der Waals surface area contributed by atoms with Crippen LogP contribution in [0.3, 0.4) is 0 Å². The van der Waals surface area contributed by atoms with Gasteiger partial charge in [0, 0.05) is 49.3 Å². The van der Waals surface area contributed by atoms with Crippen molar-refractivity contribution in [3.63, 3.8) is 0 Å². The third-order valence-electron chi connectivity index (χ3n) is 4.20. The van der Waals surface area contributed by atoms with Crippen LogP contribution in [0.15, 0.2) is 12.1 Å². The van der Waals surface area contributed by atoms with E-state index in [1.165, 1.54) is 33.3 Å². The van der Waals surface area contributed by atoms with Crippen molar-refractivity contribution in [3.8, 4) is 0 Å². The summed E-state index contributed by atoms with van der Waals surface area (Å²) in [6.07, 6.45) is 0. The predicted molar refractivity (Wildman–Crippen MR) is 80.7 cm³/mol.